The molecule has 0 saturated carbocycles. The average Bonchev–Trinajstić information content (AvgIpc) is 2.55. The highest BCUT2D eigenvalue weighted by molar-refractivity contribution is 9.10. The number of halogens is 1. The molecule has 4 N–H and O–H groups in total. The maximum Gasteiger partial charge on any atom is 0.229 e. The topological polar surface area (TPSA) is 102 Å². The molecule has 1 aromatic heterocycles. The molecule has 4 bridgehead atoms. The third-order valence-corrected chi connectivity index (χ3v) is 5.35. The summed E-state index contributed by atoms with van der Waals surface area (Å²) in [5.74, 6) is 5.22. The van der Waals surface area contributed by atoms with E-state index < -0.39 is 9.71 Å². The number of nitrogens with two attached hydrogens (primary N) is 1. The second-order valence-electron chi connectivity index (χ2n) is 5.74. The summed E-state index contributed by atoms with van der Waals surface area (Å²) in [6.07, 6.45) is 4.56. The SMILES string of the molecule is C=S(N)(=O)c1ccc2cc1OCCCCCNc1nc(ncc1Br)N2. The van der Waals surface area contributed by atoms with Crippen LogP contribution in [0.4, 0.5) is 17.5 Å². The predicted molar refractivity (Wildman–Crippen MR) is 105 cm³/mol. The Morgan fingerprint density at radius 2 is 2.16 bits per heavy atom. The number of aromatic nitrogens is 2. The van der Waals surface area contributed by atoms with Crippen molar-refractivity contribution in [1.82, 2.24) is 9.97 Å². The fraction of sp³-hybridized carbons (Fsp3) is 0.312. The molecule has 1 aliphatic heterocycles. The van der Waals surface area contributed by atoms with Crippen molar-refractivity contribution in [2.24, 2.45) is 5.14 Å². The van der Waals surface area contributed by atoms with Crippen LogP contribution < -0.4 is 20.5 Å². The number of nitrogens with one attached hydrogen (secondary N) is 2. The van der Waals surface area contributed by atoms with Gasteiger partial charge in [0.2, 0.25) is 5.95 Å². The van der Waals surface area contributed by atoms with Gasteiger partial charge in [-0.1, -0.05) is 0 Å². The van der Waals surface area contributed by atoms with Crippen molar-refractivity contribution in [3.63, 3.8) is 0 Å². The summed E-state index contributed by atoms with van der Waals surface area (Å²) < 4.78 is 18.8. The van der Waals surface area contributed by atoms with E-state index in [2.05, 4.69) is 42.4 Å². The van der Waals surface area contributed by atoms with E-state index in [1.807, 2.05) is 0 Å². The van der Waals surface area contributed by atoms with Crippen molar-refractivity contribution in [2.75, 3.05) is 23.8 Å². The minimum absolute atomic E-state index is 0.407. The third-order valence-electron chi connectivity index (χ3n) is 3.69. The van der Waals surface area contributed by atoms with Crippen molar-refractivity contribution >= 4 is 49.0 Å². The van der Waals surface area contributed by atoms with Crippen molar-refractivity contribution in [3.05, 3.63) is 28.9 Å². The van der Waals surface area contributed by atoms with Gasteiger partial charge in [0.15, 0.2) is 0 Å². The van der Waals surface area contributed by atoms with E-state index in [4.69, 9.17) is 9.88 Å². The van der Waals surface area contributed by atoms with Crippen molar-refractivity contribution in [2.45, 2.75) is 24.2 Å². The van der Waals surface area contributed by atoms with Gasteiger partial charge in [0.05, 0.1) is 25.7 Å². The summed E-state index contributed by atoms with van der Waals surface area (Å²) in [5.41, 5.74) is 0.715. The van der Waals surface area contributed by atoms with Crippen LogP contribution in [0.15, 0.2) is 33.8 Å². The Hall–Kier alpha value is -1.84. The van der Waals surface area contributed by atoms with E-state index in [-0.39, 0.29) is 0 Å². The average molecular weight is 426 g/mol. The molecule has 2 heterocycles. The molecule has 9 heteroatoms. The normalized spacial score (nSPS) is 17.2. The second kappa shape index (κ2) is 7.59. The van der Waals surface area contributed by atoms with Crippen LogP contribution in [-0.2, 0) is 9.71 Å². The van der Waals surface area contributed by atoms with Crippen LogP contribution in [0.5, 0.6) is 5.75 Å². The molecule has 25 heavy (non-hydrogen) atoms. The fourth-order valence-corrected chi connectivity index (χ4v) is 3.55. The van der Waals surface area contributed by atoms with Gasteiger partial charge in [-0.05, 0) is 53.2 Å². The molecule has 0 aliphatic carbocycles. The number of hydrogen-bond acceptors (Lipinski definition) is 6. The van der Waals surface area contributed by atoms with Gasteiger partial charge in [0.1, 0.15) is 11.6 Å². The maximum atomic E-state index is 12.2. The Morgan fingerprint density at radius 3 is 2.96 bits per heavy atom. The molecule has 0 spiro atoms. The van der Waals surface area contributed by atoms with Crippen molar-refractivity contribution in [3.8, 4) is 5.75 Å². The summed E-state index contributed by atoms with van der Waals surface area (Å²) in [4.78, 5) is 9.14. The molecular formula is C16H20BrN5O2S. The van der Waals surface area contributed by atoms with Crippen LogP contribution in [0.1, 0.15) is 19.3 Å². The first-order chi connectivity index (χ1) is 11.9. The zero-order chi connectivity index (χ0) is 17.9. The minimum atomic E-state index is -2.87. The summed E-state index contributed by atoms with van der Waals surface area (Å²) in [5, 5.41) is 12.1. The molecule has 3 rings (SSSR count). The van der Waals surface area contributed by atoms with Crippen LogP contribution in [0.25, 0.3) is 0 Å². The first kappa shape index (κ1) is 18.0. The van der Waals surface area contributed by atoms with E-state index in [9.17, 15) is 4.21 Å². The quantitative estimate of drug-likeness (QED) is 0.606. The maximum absolute atomic E-state index is 12.2. The van der Waals surface area contributed by atoms with Gasteiger partial charge >= 0.3 is 0 Å². The van der Waals surface area contributed by atoms with Crippen molar-refractivity contribution in [1.29, 1.82) is 0 Å². The van der Waals surface area contributed by atoms with E-state index >= 15 is 0 Å². The predicted octanol–water partition coefficient (Wildman–Crippen LogP) is 2.91. The van der Waals surface area contributed by atoms with Gasteiger partial charge in [-0.15, -0.1) is 0 Å². The molecule has 2 aromatic rings. The number of anilines is 3. The summed E-state index contributed by atoms with van der Waals surface area (Å²) in [7, 11) is -2.87. The fourth-order valence-electron chi connectivity index (χ4n) is 2.46. The molecule has 1 unspecified atom stereocenters. The minimum Gasteiger partial charge on any atom is -0.492 e. The van der Waals surface area contributed by atoms with Crippen LogP contribution in [0.3, 0.4) is 0 Å². The second-order valence-corrected chi connectivity index (χ2v) is 8.49. The lowest BCUT2D eigenvalue weighted by atomic mass is 10.2. The third kappa shape index (κ3) is 4.62. The van der Waals surface area contributed by atoms with E-state index in [0.717, 1.165) is 36.1 Å². The van der Waals surface area contributed by atoms with Gasteiger partial charge in [0, 0.05) is 24.5 Å². The van der Waals surface area contributed by atoms with Gasteiger partial charge in [0.25, 0.3) is 0 Å². The number of hydrogen-bond donors (Lipinski definition) is 3. The molecule has 0 radical (unpaired) electrons. The largest absolute Gasteiger partial charge is 0.492 e. The standard InChI is InChI=1S/C16H20BrN5O2S/c1-25(18,23)14-6-5-11-9-13(14)24-8-4-2-3-7-19-15-12(17)10-20-16(21-11)22-15/h5-6,9-10H,1-4,7-8H2,(H2,18,23)(H2,19,20,21,22). The lowest BCUT2D eigenvalue weighted by molar-refractivity contribution is 0.299. The molecular weight excluding hydrogens is 406 g/mol. The summed E-state index contributed by atoms with van der Waals surface area (Å²) in [6, 6.07) is 5.17. The number of ether oxygens (including phenoxy) is 1. The van der Waals surface area contributed by atoms with Gasteiger partial charge in [-0.3, -0.25) is 5.14 Å². The van der Waals surface area contributed by atoms with Crippen LogP contribution in [0, 0.1) is 0 Å². The molecule has 1 aromatic carbocycles. The Bertz CT molecular complexity index is 873. The van der Waals surface area contributed by atoms with Gasteiger partial charge < -0.3 is 15.4 Å². The molecule has 0 amide bonds. The van der Waals surface area contributed by atoms with Crippen molar-refractivity contribution < 1.29 is 8.95 Å². The highest BCUT2D eigenvalue weighted by Gasteiger charge is 2.13. The number of nitrogens with zero attached hydrogens (tertiary/aromatic N) is 2. The number of rotatable bonds is 1. The molecule has 0 fully saturated rings. The Balaban J connectivity index is 1.99. The zero-order valence-electron chi connectivity index (χ0n) is 13.6. The van der Waals surface area contributed by atoms with E-state index in [1.165, 1.54) is 0 Å². The first-order valence-electron chi connectivity index (χ1n) is 7.89. The lowest BCUT2D eigenvalue weighted by Gasteiger charge is -2.16. The Kier molecular flexibility index (Phi) is 5.45. The van der Waals surface area contributed by atoms with Gasteiger partial charge in [-0.25, -0.2) is 9.19 Å². The van der Waals surface area contributed by atoms with E-state index in [1.54, 1.807) is 24.4 Å². The first-order valence-corrected chi connectivity index (χ1v) is 10.5. The number of fused-ring (bicyclic) bond motifs is 4. The zero-order valence-corrected chi connectivity index (χ0v) is 16.0. The Morgan fingerprint density at radius 1 is 1.32 bits per heavy atom. The van der Waals surface area contributed by atoms with Crippen LogP contribution >= 0.6 is 15.9 Å². The van der Waals surface area contributed by atoms with Crippen LogP contribution in [0.2, 0.25) is 0 Å². The molecule has 1 aliphatic rings. The highest BCUT2D eigenvalue weighted by Crippen LogP contribution is 2.29. The summed E-state index contributed by atoms with van der Waals surface area (Å²) >= 11 is 3.45. The van der Waals surface area contributed by atoms with E-state index in [0.29, 0.717) is 28.9 Å². The molecule has 1 atom stereocenters. The van der Waals surface area contributed by atoms with Gasteiger partial charge in [-0.2, -0.15) is 4.98 Å². The molecule has 7 nitrogen and oxygen atoms in total. The molecule has 134 valence electrons. The monoisotopic (exact) mass is 425 g/mol. The van der Waals surface area contributed by atoms with Crippen LogP contribution in [-0.4, -0.2) is 33.2 Å². The Labute approximate surface area is 155 Å². The summed E-state index contributed by atoms with van der Waals surface area (Å²) in [6.45, 7) is 1.33. The lowest BCUT2D eigenvalue weighted by Crippen LogP contribution is -2.14. The highest BCUT2D eigenvalue weighted by atomic mass is 79.9. The smallest absolute Gasteiger partial charge is 0.229 e. The molecule has 0 saturated heterocycles. The number of benzene rings is 1.